The van der Waals surface area contributed by atoms with Gasteiger partial charge in [-0.05, 0) is 55.9 Å². The zero-order valence-electron chi connectivity index (χ0n) is 16.8. The maximum absolute atomic E-state index is 13.3. The molecule has 150 valence electrons. The summed E-state index contributed by atoms with van der Waals surface area (Å²) < 4.78 is 0. The van der Waals surface area contributed by atoms with Gasteiger partial charge in [-0.25, -0.2) is 4.98 Å². The number of rotatable bonds is 5. The quantitative estimate of drug-likeness (QED) is 0.703. The molecule has 0 unspecified atom stereocenters. The fraction of sp³-hybridized carbons (Fsp3) is 0.417. The van der Waals surface area contributed by atoms with Crippen molar-refractivity contribution in [1.82, 2.24) is 14.9 Å². The summed E-state index contributed by atoms with van der Waals surface area (Å²) in [5.41, 5.74) is 3.94. The second-order valence-corrected chi connectivity index (χ2v) is 8.79. The van der Waals surface area contributed by atoms with Crippen LogP contribution < -0.4 is 0 Å². The molecule has 29 heavy (non-hydrogen) atoms. The molecule has 1 amide bonds. The number of fused-ring (bicyclic) bond motifs is 3. The molecule has 3 heterocycles. The first-order valence-electron chi connectivity index (χ1n) is 10.5. The maximum atomic E-state index is 13.3. The normalized spacial score (nSPS) is 25.8. The summed E-state index contributed by atoms with van der Waals surface area (Å²) in [7, 11) is 0. The molecule has 5 nitrogen and oxygen atoms in total. The third kappa shape index (κ3) is 3.14. The van der Waals surface area contributed by atoms with E-state index in [2.05, 4.69) is 27.0 Å². The highest BCUT2D eigenvalue weighted by Gasteiger charge is 2.56. The summed E-state index contributed by atoms with van der Waals surface area (Å²) in [6, 6.07) is 16.7. The minimum absolute atomic E-state index is 0.128. The van der Waals surface area contributed by atoms with Gasteiger partial charge in [0.15, 0.2) is 0 Å². The van der Waals surface area contributed by atoms with E-state index < -0.39 is 0 Å². The topological polar surface area (TPSA) is 69.2 Å². The summed E-state index contributed by atoms with van der Waals surface area (Å²) in [5.74, 6) is 1.06. The van der Waals surface area contributed by atoms with Gasteiger partial charge in [-0.3, -0.25) is 4.79 Å². The molecule has 0 spiro atoms. The first-order chi connectivity index (χ1) is 14.1. The minimum atomic E-state index is -0.218. The number of amides is 1. The predicted molar refractivity (Wildman–Crippen MR) is 112 cm³/mol. The molecule has 2 aliphatic heterocycles. The maximum Gasteiger partial charge on any atom is 0.227 e. The lowest BCUT2D eigenvalue weighted by Crippen LogP contribution is -2.44. The van der Waals surface area contributed by atoms with Gasteiger partial charge in [0, 0.05) is 17.5 Å². The van der Waals surface area contributed by atoms with E-state index in [1.54, 1.807) is 0 Å². The average molecular weight is 389 g/mol. The Bertz CT molecular complexity index is 1040. The Morgan fingerprint density at radius 3 is 2.83 bits per heavy atom. The summed E-state index contributed by atoms with van der Waals surface area (Å²) in [6.07, 6.45) is 4.16. The van der Waals surface area contributed by atoms with E-state index in [1.165, 1.54) is 5.56 Å². The lowest BCUT2D eigenvalue weighted by Gasteiger charge is -2.36. The largest absolute Gasteiger partial charge is 0.396 e. The molecule has 2 fully saturated rings. The molecule has 2 saturated heterocycles. The molecule has 3 aromatic rings. The summed E-state index contributed by atoms with van der Waals surface area (Å²) in [5, 5.41) is 10.4. The van der Waals surface area contributed by atoms with Crippen LogP contribution in [-0.4, -0.2) is 44.6 Å². The third-order valence-corrected chi connectivity index (χ3v) is 6.87. The molecule has 2 aromatic carbocycles. The van der Waals surface area contributed by atoms with E-state index in [4.69, 9.17) is 0 Å². The van der Waals surface area contributed by atoms with Crippen molar-refractivity contribution in [2.24, 2.45) is 5.41 Å². The molecular weight excluding hydrogens is 362 g/mol. The Kier molecular flexibility index (Phi) is 4.43. The molecule has 2 N–H and O–H groups in total. The van der Waals surface area contributed by atoms with Crippen molar-refractivity contribution in [1.29, 1.82) is 0 Å². The SMILES string of the molecule is Cc1nc2ccc(CC(=O)N3[C@H]4CC[C@@H]3[C@@](CO)(Cc3ccccc3)C4)cc2[nH]1. The van der Waals surface area contributed by atoms with Crippen molar-refractivity contribution >= 4 is 16.9 Å². The van der Waals surface area contributed by atoms with Gasteiger partial charge in [0.1, 0.15) is 5.82 Å². The number of benzene rings is 2. The highest BCUT2D eigenvalue weighted by atomic mass is 16.3. The Balaban J connectivity index is 1.37. The number of aromatic nitrogens is 2. The highest BCUT2D eigenvalue weighted by molar-refractivity contribution is 5.83. The van der Waals surface area contributed by atoms with Crippen LogP contribution in [-0.2, 0) is 17.6 Å². The van der Waals surface area contributed by atoms with E-state index in [1.807, 2.05) is 43.3 Å². The molecule has 1 aromatic heterocycles. The number of nitrogens with zero attached hydrogens (tertiary/aromatic N) is 2. The van der Waals surface area contributed by atoms with Crippen molar-refractivity contribution in [3.05, 3.63) is 65.5 Å². The summed E-state index contributed by atoms with van der Waals surface area (Å²) in [4.78, 5) is 23.1. The number of hydrogen-bond acceptors (Lipinski definition) is 3. The lowest BCUT2D eigenvalue weighted by atomic mass is 9.70. The van der Waals surface area contributed by atoms with Gasteiger partial charge in [-0.15, -0.1) is 0 Å². The van der Waals surface area contributed by atoms with Crippen LogP contribution in [0, 0.1) is 12.3 Å². The number of imidazole rings is 1. The first kappa shape index (κ1) is 18.4. The first-order valence-corrected chi connectivity index (χ1v) is 10.5. The molecule has 2 bridgehead atoms. The van der Waals surface area contributed by atoms with E-state index >= 15 is 0 Å². The molecule has 3 atom stereocenters. The van der Waals surface area contributed by atoms with Crippen LogP contribution in [0.15, 0.2) is 48.5 Å². The Morgan fingerprint density at radius 2 is 2.03 bits per heavy atom. The zero-order chi connectivity index (χ0) is 20.0. The number of aromatic amines is 1. The van der Waals surface area contributed by atoms with E-state index in [0.717, 1.165) is 48.1 Å². The molecule has 5 heteroatoms. The Hall–Kier alpha value is -2.66. The standard InChI is InChI=1S/C24H27N3O2/c1-16-25-20-9-7-18(11-21(20)26-16)12-23(29)27-19-8-10-22(27)24(14-19,15-28)13-17-5-3-2-4-6-17/h2-7,9,11,19,22,28H,8,10,12-15H2,1H3,(H,25,26)/t19-,22+,24-/m0/s1. The average Bonchev–Trinajstić information content (AvgIpc) is 3.39. The summed E-state index contributed by atoms with van der Waals surface area (Å²) in [6.45, 7) is 2.07. The lowest BCUT2D eigenvalue weighted by molar-refractivity contribution is -0.132. The molecule has 2 aliphatic rings. The van der Waals surface area contributed by atoms with Crippen LogP contribution in [0.1, 0.15) is 36.2 Å². The second kappa shape index (κ2) is 6.99. The number of nitrogens with one attached hydrogen (secondary N) is 1. The van der Waals surface area contributed by atoms with Crippen LogP contribution in [0.25, 0.3) is 11.0 Å². The fourth-order valence-corrected chi connectivity index (χ4v) is 5.65. The van der Waals surface area contributed by atoms with Gasteiger partial charge in [0.2, 0.25) is 5.91 Å². The van der Waals surface area contributed by atoms with E-state index in [0.29, 0.717) is 6.42 Å². The number of hydrogen-bond donors (Lipinski definition) is 2. The van der Waals surface area contributed by atoms with E-state index in [9.17, 15) is 9.90 Å². The highest BCUT2D eigenvalue weighted by Crippen LogP contribution is 2.51. The predicted octanol–water partition coefficient (Wildman–Crippen LogP) is 3.40. The number of carbonyl (C=O) groups excluding carboxylic acids is 1. The Morgan fingerprint density at radius 1 is 1.21 bits per heavy atom. The van der Waals surface area contributed by atoms with Crippen LogP contribution >= 0.6 is 0 Å². The van der Waals surface area contributed by atoms with Crippen molar-refractivity contribution in [3.8, 4) is 0 Å². The van der Waals surface area contributed by atoms with Crippen molar-refractivity contribution in [3.63, 3.8) is 0 Å². The second-order valence-electron chi connectivity index (χ2n) is 8.79. The van der Waals surface area contributed by atoms with Gasteiger partial charge in [0.25, 0.3) is 0 Å². The number of H-pyrrole nitrogens is 1. The number of aryl methyl sites for hydroxylation is 1. The van der Waals surface area contributed by atoms with Gasteiger partial charge in [0.05, 0.1) is 24.1 Å². The zero-order valence-corrected chi connectivity index (χ0v) is 16.8. The van der Waals surface area contributed by atoms with Crippen LogP contribution in [0.5, 0.6) is 0 Å². The molecule has 0 saturated carbocycles. The minimum Gasteiger partial charge on any atom is -0.396 e. The number of carbonyl (C=O) groups is 1. The molecule has 5 rings (SSSR count). The number of aliphatic hydroxyl groups excluding tert-OH is 1. The van der Waals surface area contributed by atoms with Gasteiger partial charge >= 0.3 is 0 Å². The van der Waals surface area contributed by atoms with Crippen LogP contribution in [0.3, 0.4) is 0 Å². The van der Waals surface area contributed by atoms with Gasteiger partial charge in [-0.1, -0.05) is 36.4 Å². The van der Waals surface area contributed by atoms with Crippen LogP contribution in [0.4, 0.5) is 0 Å². The number of aliphatic hydroxyl groups is 1. The van der Waals surface area contributed by atoms with E-state index in [-0.39, 0.29) is 30.0 Å². The Labute approximate surface area is 170 Å². The van der Waals surface area contributed by atoms with Crippen molar-refractivity contribution in [2.45, 2.75) is 51.1 Å². The molecule has 0 aliphatic carbocycles. The van der Waals surface area contributed by atoms with Gasteiger partial charge < -0.3 is 15.0 Å². The molecular formula is C24H27N3O2. The fourth-order valence-electron chi connectivity index (χ4n) is 5.65. The smallest absolute Gasteiger partial charge is 0.227 e. The van der Waals surface area contributed by atoms with Crippen LogP contribution in [0.2, 0.25) is 0 Å². The summed E-state index contributed by atoms with van der Waals surface area (Å²) >= 11 is 0. The van der Waals surface area contributed by atoms with Gasteiger partial charge in [-0.2, -0.15) is 0 Å². The van der Waals surface area contributed by atoms with Crippen molar-refractivity contribution < 1.29 is 9.90 Å². The van der Waals surface area contributed by atoms with Crippen molar-refractivity contribution in [2.75, 3.05) is 6.61 Å². The monoisotopic (exact) mass is 389 g/mol. The third-order valence-electron chi connectivity index (χ3n) is 6.87. The molecule has 0 radical (unpaired) electrons.